The van der Waals surface area contributed by atoms with E-state index in [0.717, 1.165) is 9.79 Å². The third-order valence-electron chi connectivity index (χ3n) is 2.32. The molecule has 0 radical (unpaired) electrons. The number of thiol groups is 2. The highest BCUT2D eigenvalue weighted by atomic mass is 32.2. The maximum absolute atomic E-state index is 11.5. The van der Waals surface area contributed by atoms with Crippen LogP contribution in [0.15, 0.2) is 58.3 Å². The van der Waals surface area contributed by atoms with Crippen LogP contribution in [0.25, 0.3) is 0 Å². The van der Waals surface area contributed by atoms with Crippen LogP contribution >= 0.6 is 25.3 Å². The molecule has 0 amide bonds. The van der Waals surface area contributed by atoms with Gasteiger partial charge in [-0.1, -0.05) is 0 Å². The fraction of sp³-hybridized carbons (Fsp3) is 0. The van der Waals surface area contributed by atoms with Gasteiger partial charge in [0.25, 0.3) is 11.3 Å². The zero-order chi connectivity index (χ0) is 13.1. The van der Waals surface area contributed by atoms with Crippen molar-refractivity contribution in [3.63, 3.8) is 0 Å². The Balaban J connectivity index is 2.43. The topological polar surface area (TPSA) is 40.5 Å². The lowest BCUT2D eigenvalue weighted by Crippen LogP contribution is -2.18. The van der Waals surface area contributed by atoms with Crippen molar-refractivity contribution < 1.29 is 8.76 Å². The Bertz CT molecular complexity index is 509. The first-order valence-electron chi connectivity index (χ1n) is 5.07. The van der Waals surface area contributed by atoms with E-state index in [2.05, 4.69) is 25.3 Å². The van der Waals surface area contributed by atoms with Gasteiger partial charge in [0.1, 0.15) is 0 Å². The predicted molar refractivity (Wildman–Crippen MR) is 80.3 cm³/mol. The normalized spacial score (nSPS) is 12.2. The summed E-state index contributed by atoms with van der Waals surface area (Å²) in [5, 5.41) is 0. The van der Waals surface area contributed by atoms with E-state index in [0.29, 0.717) is 11.4 Å². The van der Waals surface area contributed by atoms with Crippen molar-refractivity contribution >= 4 is 47.9 Å². The van der Waals surface area contributed by atoms with E-state index in [1.165, 1.54) is 4.31 Å². The first kappa shape index (κ1) is 13.5. The molecule has 0 saturated carbocycles. The number of hydrogen-bond acceptors (Lipinski definition) is 3. The molecular weight excluding hydrogens is 286 g/mol. The van der Waals surface area contributed by atoms with E-state index >= 15 is 0 Å². The van der Waals surface area contributed by atoms with Gasteiger partial charge in [0.05, 0.1) is 11.4 Å². The van der Waals surface area contributed by atoms with Crippen LogP contribution in [0.1, 0.15) is 0 Å². The summed E-state index contributed by atoms with van der Waals surface area (Å²) in [6.07, 6.45) is 0. The molecular formula is C12H11NO2S3. The largest absolute Gasteiger partial charge is 0.289 e. The highest BCUT2D eigenvalue weighted by Gasteiger charge is 2.14. The van der Waals surface area contributed by atoms with Crippen LogP contribution in [0.5, 0.6) is 0 Å². The van der Waals surface area contributed by atoms with Crippen molar-refractivity contribution in [2.45, 2.75) is 9.79 Å². The molecule has 0 aromatic heterocycles. The van der Waals surface area contributed by atoms with Crippen LogP contribution in [-0.2, 0) is 11.3 Å². The molecule has 0 aliphatic heterocycles. The summed E-state index contributed by atoms with van der Waals surface area (Å²) >= 11 is 6.24. The smallest absolute Gasteiger partial charge is 0.266 e. The monoisotopic (exact) mass is 297 g/mol. The molecule has 1 atom stereocenters. The molecule has 6 heteroatoms. The second-order valence-corrected chi connectivity index (χ2v) is 5.42. The Labute approximate surface area is 119 Å². The van der Waals surface area contributed by atoms with Gasteiger partial charge in [-0.05, 0) is 48.5 Å². The van der Waals surface area contributed by atoms with Crippen LogP contribution in [0.3, 0.4) is 0 Å². The standard InChI is InChI=1S/C12H11NO2S3/c14-18(15)13(9-1-5-11(16)6-2-9)10-3-7-12(17)8-4-10/h1-8,16-17H,(H,14,15). The van der Waals surface area contributed by atoms with Crippen LogP contribution in [0.4, 0.5) is 11.4 Å². The molecule has 1 unspecified atom stereocenters. The molecule has 2 aromatic rings. The third-order valence-corrected chi connectivity index (χ3v) is 3.65. The molecule has 0 spiro atoms. The summed E-state index contributed by atoms with van der Waals surface area (Å²) < 4.78 is 22.2. The summed E-state index contributed by atoms with van der Waals surface area (Å²) in [7, 11) is 0. The Kier molecular flexibility index (Phi) is 4.34. The van der Waals surface area contributed by atoms with E-state index in [1.807, 2.05) is 0 Å². The first-order valence-corrected chi connectivity index (χ1v) is 7.03. The Morgan fingerprint density at radius 3 is 1.44 bits per heavy atom. The lowest BCUT2D eigenvalue weighted by Gasteiger charge is -2.20. The fourth-order valence-corrected chi connectivity index (χ4v) is 2.41. The Morgan fingerprint density at radius 1 is 0.833 bits per heavy atom. The molecule has 0 saturated heterocycles. The quantitative estimate of drug-likeness (QED) is 0.599. The van der Waals surface area contributed by atoms with Crippen molar-refractivity contribution in [3.05, 3.63) is 48.5 Å². The molecule has 0 bridgehead atoms. The fourth-order valence-electron chi connectivity index (χ4n) is 1.51. The summed E-state index contributed by atoms with van der Waals surface area (Å²) in [5.41, 5.74) is 1.25. The lowest BCUT2D eigenvalue weighted by atomic mass is 10.2. The van der Waals surface area contributed by atoms with Gasteiger partial charge in [-0.3, -0.25) is 4.55 Å². The van der Waals surface area contributed by atoms with Crippen molar-refractivity contribution in [2.75, 3.05) is 4.31 Å². The zero-order valence-corrected chi connectivity index (χ0v) is 11.8. The van der Waals surface area contributed by atoms with Gasteiger partial charge >= 0.3 is 0 Å². The third kappa shape index (κ3) is 3.08. The average molecular weight is 297 g/mol. The van der Waals surface area contributed by atoms with Crippen LogP contribution in [0.2, 0.25) is 0 Å². The maximum atomic E-state index is 11.5. The van der Waals surface area contributed by atoms with E-state index in [-0.39, 0.29) is 0 Å². The molecule has 1 N–H and O–H groups in total. The summed E-state index contributed by atoms with van der Waals surface area (Å²) in [6, 6.07) is 14.0. The van der Waals surface area contributed by atoms with Crippen LogP contribution in [0, 0.1) is 0 Å². The highest BCUT2D eigenvalue weighted by Crippen LogP contribution is 2.28. The number of rotatable bonds is 3. The Hall–Kier alpha value is -0.950. The minimum atomic E-state index is -2.14. The van der Waals surface area contributed by atoms with E-state index in [4.69, 9.17) is 0 Å². The SMILES string of the molecule is O=S(O)N(c1ccc(S)cc1)c1ccc(S)cc1. The summed E-state index contributed by atoms with van der Waals surface area (Å²) in [4.78, 5) is 1.60. The lowest BCUT2D eigenvalue weighted by molar-refractivity contribution is 0.564. The predicted octanol–water partition coefficient (Wildman–Crippen LogP) is 3.54. The number of nitrogens with zero attached hydrogens (tertiary/aromatic N) is 1. The molecule has 0 aliphatic rings. The zero-order valence-electron chi connectivity index (χ0n) is 9.22. The maximum Gasteiger partial charge on any atom is 0.266 e. The van der Waals surface area contributed by atoms with Gasteiger partial charge in [-0.15, -0.1) is 25.3 Å². The molecule has 2 aromatic carbocycles. The highest BCUT2D eigenvalue weighted by molar-refractivity contribution is 7.81. The first-order chi connectivity index (χ1) is 8.58. The van der Waals surface area contributed by atoms with Crippen LogP contribution < -0.4 is 4.31 Å². The number of anilines is 2. The molecule has 18 heavy (non-hydrogen) atoms. The summed E-state index contributed by atoms with van der Waals surface area (Å²) in [5.74, 6) is 0. The van der Waals surface area contributed by atoms with Gasteiger partial charge in [-0.2, -0.15) is 0 Å². The molecule has 0 aliphatic carbocycles. The molecule has 94 valence electrons. The minimum absolute atomic E-state index is 0.626. The van der Waals surface area contributed by atoms with Gasteiger partial charge in [-0.25, -0.2) is 8.51 Å². The van der Waals surface area contributed by atoms with E-state index < -0.39 is 11.3 Å². The van der Waals surface area contributed by atoms with Crippen LogP contribution in [-0.4, -0.2) is 8.76 Å². The van der Waals surface area contributed by atoms with Gasteiger partial charge in [0.2, 0.25) is 0 Å². The minimum Gasteiger partial charge on any atom is -0.289 e. The van der Waals surface area contributed by atoms with E-state index in [1.54, 1.807) is 48.5 Å². The van der Waals surface area contributed by atoms with Crippen molar-refractivity contribution in [1.29, 1.82) is 0 Å². The average Bonchev–Trinajstić information content (AvgIpc) is 2.34. The molecule has 0 heterocycles. The van der Waals surface area contributed by atoms with Gasteiger partial charge < -0.3 is 0 Å². The van der Waals surface area contributed by atoms with Crippen molar-refractivity contribution in [3.8, 4) is 0 Å². The second-order valence-electron chi connectivity index (χ2n) is 3.56. The second kappa shape index (κ2) is 5.79. The number of benzene rings is 2. The molecule has 0 fully saturated rings. The van der Waals surface area contributed by atoms with Crippen molar-refractivity contribution in [1.82, 2.24) is 0 Å². The summed E-state index contributed by atoms with van der Waals surface area (Å²) in [6.45, 7) is 0. The van der Waals surface area contributed by atoms with Gasteiger partial charge in [0, 0.05) is 9.79 Å². The Morgan fingerprint density at radius 2 is 1.17 bits per heavy atom. The van der Waals surface area contributed by atoms with Crippen molar-refractivity contribution in [2.24, 2.45) is 0 Å². The number of hydrogen-bond donors (Lipinski definition) is 3. The molecule has 3 nitrogen and oxygen atoms in total. The molecule has 2 rings (SSSR count). The van der Waals surface area contributed by atoms with E-state index in [9.17, 15) is 8.76 Å². The van der Waals surface area contributed by atoms with Gasteiger partial charge in [0.15, 0.2) is 0 Å².